The third kappa shape index (κ3) is 2.94. The van der Waals surface area contributed by atoms with Gasteiger partial charge in [-0.15, -0.1) is 0 Å². The fourth-order valence-corrected chi connectivity index (χ4v) is 2.30. The highest BCUT2D eigenvalue weighted by Crippen LogP contribution is 2.28. The van der Waals surface area contributed by atoms with Gasteiger partial charge in [-0.2, -0.15) is 5.10 Å². The van der Waals surface area contributed by atoms with Crippen LogP contribution in [-0.2, 0) is 0 Å². The Kier molecular flexibility index (Phi) is 3.69. The van der Waals surface area contributed by atoms with Crippen molar-refractivity contribution in [3.05, 3.63) is 60.6 Å². The molecule has 0 bridgehead atoms. The van der Waals surface area contributed by atoms with Crippen LogP contribution in [0.25, 0.3) is 11.1 Å². The monoisotopic (exact) mass is 278 g/mol. The summed E-state index contributed by atoms with van der Waals surface area (Å²) in [6, 6.07) is 14.1. The van der Waals surface area contributed by atoms with Gasteiger partial charge in [-0.25, -0.2) is 4.98 Å². The second-order valence-electron chi connectivity index (χ2n) is 5.27. The molecule has 0 saturated carbocycles. The molecule has 0 aliphatic carbocycles. The summed E-state index contributed by atoms with van der Waals surface area (Å²) in [5, 5.41) is 10.6. The Hall–Kier alpha value is -2.62. The Morgan fingerprint density at radius 2 is 1.90 bits per heavy atom. The molecule has 2 heterocycles. The molecule has 0 spiro atoms. The lowest BCUT2D eigenvalue weighted by Gasteiger charge is -2.09. The van der Waals surface area contributed by atoms with E-state index < -0.39 is 0 Å². The summed E-state index contributed by atoms with van der Waals surface area (Å²) < 4.78 is 0. The molecule has 106 valence electrons. The van der Waals surface area contributed by atoms with Gasteiger partial charge in [0.15, 0.2) is 0 Å². The molecule has 0 atom stereocenters. The van der Waals surface area contributed by atoms with E-state index in [-0.39, 0.29) is 0 Å². The number of aromatic nitrogens is 3. The predicted molar refractivity (Wildman–Crippen MR) is 85.6 cm³/mol. The SMILES string of the molecule is CC(C)c1[nH]ncc1-c1ccnc(Nc2ccccc2)c1. The topological polar surface area (TPSA) is 53.6 Å². The standard InChI is InChI=1S/C17H18N4/c1-12(2)17-15(11-19-21-17)13-8-9-18-16(10-13)20-14-6-4-3-5-7-14/h3-12H,1-2H3,(H,18,20)(H,19,21). The van der Waals surface area contributed by atoms with Crippen LogP contribution in [0.1, 0.15) is 25.5 Å². The van der Waals surface area contributed by atoms with Gasteiger partial charge in [0.2, 0.25) is 0 Å². The minimum atomic E-state index is 0.404. The lowest BCUT2D eigenvalue weighted by Crippen LogP contribution is -1.95. The Balaban J connectivity index is 1.91. The molecule has 0 saturated heterocycles. The highest BCUT2D eigenvalue weighted by atomic mass is 15.1. The lowest BCUT2D eigenvalue weighted by molar-refractivity contribution is 0.812. The molecule has 1 aromatic carbocycles. The summed E-state index contributed by atoms with van der Waals surface area (Å²) >= 11 is 0. The lowest BCUT2D eigenvalue weighted by atomic mass is 10.0. The summed E-state index contributed by atoms with van der Waals surface area (Å²) in [6.07, 6.45) is 3.69. The minimum absolute atomic E-state index is 0.404. The largest absolute Gasteiger partial charge is 0.340 e. The molecule has 0 fully saturated rings. The first-order chi connectivity index (χ1) is 10.2. The Labute approximate surface area is 124 Å². The van der Waals surface area contributed by atoms with Crippen LogP contribution in [-0.4, -0.2) is 15.2 Å². The van der Waals surface area contributed by atoms with Crippen LogP contribution >= 0.6 is 0 Å². The maximum absolute atomic E-state index is 4.38. The van der Waals surface area contributed by atoms with Crippen LogP contribution in [0.15, 0.2) is 54.9 Å². The second-order valence-corrected chi connectivity index (χ2v) is 5.27. The van der Waals surface area contributed by atoms with Gasteiger partial charge < -0.3 is 5.32 Å². The molecule has 4 nitrogen and oxygen atoms in total. The van der Waals surface area contributed by atoms with E-state index in [1.54, 1.807) is 0 Å². The van der Waals surface area contributed by atoms with Crippen LogP contribution in [0, 0.1) is 0 Å². The van der Waals surface area contributed by atoms with Crippen molar-refractivity contribution in [1.82, 2.24) is 15.2 Å². The number of aromatic amines is 1. The Bertz CT molecular complexity index is 716. The first-order valence-corrected chi connectivity index (χ1v) is 7.06. The third-order valence-electron chi connectivity index (χ3n) is 3.36. The van der Waals surface area contributed by atoms with Crippen LogP contribution < -0.4 is 5.32 Å². The molecule has 3 rings (SSSR count). The van der Waals surface area contributed by atoms with Gasteiger partial charge in [0.1, 0.15) is 5.82 Å². The van der Waals surface area contributed by atoms with E-state index in [2.05, 4.69) is 34.3 Å². The molecule has 2 aromatic heterocycles. The van der Waals surface area contributed by atoms with Crippen LogP contribution in [0.4, 0.5) is 11.5 Å². The Morgan fingerprint density at radius 1 is 1.10 bits per heavy atom. The fraction of sp³-hybridized carbons (Fsp3) is 0.176. The molecule has 0 amide bonds. The normalized spacial score (nSPS) is 10.8. The number of nitrogens with one attached hydrogen (secondary N) is 2. The van der Waals surface area contributed by atoms with E-state index in [1.807, 2.05) is 54.9 Å². The van der Waals surface area contributed by atoms with Gasteiger partial charge in [-0.1, -0.05) is 32.0 Å². The molecular formula is C17H18N4. The third-order valence-corrected chi connectivity index (χ3v) is 3.36. The molecule has 0 aliphatic rings. The summed E-state index contributed by atoms with van der Waals surface area (Å²) in [7, 11) is 0. The molecule has 3 aromatic rings. The zero-order valence-corrected chi connectivity index (χ0v) is 12.2. The number of hydrogen-bond donors (Lipinski definition) is 2. The van der Waals surface area contributed by atoms with E-state index in [0.29, 0.717) is 5.92 Å². The molecule has 0 unspecified atom stereocenters. The van der Waals surface area contributed by atoms with Gasteiger partial charge in [0.25, 0.3) is 0 Å². The van der Waals surface area contributed by atoms with Gasteiger partial charge in [-0.05, 0) is 35.7 Å². The van der Waals surface area contributed by atoms with Crippen molar-refractivity contribution >= 4 is 11.5 Å². The van der Waals surface area contributed by atoms with Crippen molar-refractivity contribution in [1.29, 1.82) is 0 Å². The fourth-order valence-electron chi connectivity index (χ4n) is 2.30. The van der Waals surface area contributed by atoms with E-state index in [4.69, 9.17) is 0 Å². The number of hydrogen-bond acceptors (Lipinski definition) is 3. The molecule has 21 heavy (non-hydrogen) atoms. The van der Waals surface area contributed by atoms with Crippen molar-refractivity contribution in [3.63, 3.8) is 0 Å². The zero-order valence-electron chi connectivity index (χ0n) is 12.2. The smallest absolute Gasteiger partial charge is 0.130 e. The number of rotatable bonds is 4. The minimum Gasteiger partial charge on any atom is -0.340 e. The highest BCUT2D eigenvalue weighted by Gasteiger charge is 2.11. The predicted octanol–water partition coefficient (Wildman–Crippen LogP) is 4.34. The van der Waals surface area contributed by atoms with E-state index in [1.165, 1.54) is 0 Å². The number of benzene rings is 1. The molecule has 4 heteroatoms. The summed E-state index contributed by atoms with van der Waals surface area (Å²) in [4.78, 5) is 4.38. The zero-order chi connectivity index (χ0) is 14.7. The maximum atomic E-state index is 4.38. The average molecular weight is 278 g/mol. The van der Waals surface area contributed by atoms with Crippen LogP contribution in [0.3, 0.4) is 0 Å². The van der Waals surface area contributed by atoms with Crippen molar-refractivity contribution in [2.75, 3.05) is 5.32 Å². The summed E-state index contributed by atoms with van der Waals surface area (Å²) in [5.74, 6) is 1.23. The number of anilines is 2. The van der Waals surface area contributed by atoms with Gasteiger partial charge in [0.05, 0.1) is 6.20 Å². The van der Waals surface area contributed by atoms with Crippen molar-refractivity contribution in [3.8, 4) is 11.1 Å². The number of pyridine rings is 1. The average Bonchev–Trinajstić information content (AvgIpc) is 2.98. The number of H-pyrrole nitrogens is 1. The van der Waals surface area contributed by atoms with Crippen LogP contribution in [0.2, 0.25) is 0 Å². The molecule has 0 radical (unpaired) electrons. The quantitative estimate of drug-likeness (QED) is 0.746. The molecule has 2 N–H and O–H groups in total. The Morgan fingerprint density at radius 3 is 2.67 bits per heavy atom. The molecule has 0 aliphatic heterocycles. The van der Waals surface area contributed by atoms with Gasteiger partial charge >= 0.3 is 0 Å². The van der Waals surface area contributed by atoms with Crippen molar-refractivity contribution in [2.24, 2.45) is 0 Å². The number of nitrogens with zero attached hydrogens (tertiary/aromatic N) is 2. The van der Waals surface area contributed by atoms with Crippen LogP contribution in [0.5, 0.6) is 0 Å². The van der Waals surface area contributed by atoms with Gasteiger partial charge in [0, 0.05) is 23.1 Å². The first kappa shape index (κ1) is 13.4. The van der Waals surface area contributed by atoms with Gasteiger partial charge in [-0.3, -0.25) is 5.10 Å². The first-order valence-electron chi connectivity index (χ1n) is 7.06. The van der Waals surface area contributed by atoms with E-state index in [0.717, 1.165) is 28.3 Å². The second kappa shape index (κ2) is 5.79. The van der Waals surface area contributed by atoms with E-state index >= 15 is 0 Å². The molecular weight excluding hydrogens is 260 g/mol. The summed E-state index contributed by atoms with van der Waals surface area (Å²) in [5.41, 5.74) is 4.41. The highest BCUT2D eigenvalue weighted by molar-refractivity contribution is 5.70. The number of para-hydroxylation sites is 1. The maximum Gasteiger partial charge on any atom is 0.130 e. The van der Waals surface area contributed by atoms with Crippen molar-refractivity contribution < 1.29 is 0 Å². The summed E-state index contributed by atoms with van der Waals surface area (Å²) in [6.45, 7) is 4.31. The van der Waals surface area contributed by atoms with Crippen molar-refractivity contribution in [2.45, 2.75) is 19.8 Å². The van der Waals surface area contributed by atoms with E-state index in [9.17, 15) is 0 Å².